The van der Waals surface area contributed by atoms with E-state index >= 15 is 0 Å². The van der Waals surface area contributed by atoms with Gasteiger partial charge in [0.1, 0.15) is 0 Å². The number of nitrogens with two attached hydrogens (primary N) is 1. The standard InChI is InChI=1S/C14H19N3O3/c1-9-6-10(2-3-12(9)14(15)19)17-13(18)7-11-8-20-5-4-16-11/h2-3,6,11,16H,4-5,7-8H2,1H3,(H2,15,19)(H,17,18). The normalized spacial score (nSPS) is 18.6. The zero-order valence-electron chi connectivity index (χ0n) is 11.4. The maximum atomic E-state index is 11.9. The van der Waals surface area contributed by atoms with Gasteiger partial charge >= 0.3 is 0 Å². The van der Waals surface area contributed by atoms with Gasteiger partial charge in [-0.05, 0) is 30.7 Å². The molecule has 1 unspecified atom stereocenters. The monoisotopic (exact) mass is 277 g/mol. The second kappa shape index (κ2) is 6.49. The molecule has 1 aliphatic rings. The molecule has 4 N–H and O–H groups in total. The Bertz CT molecular complexity index is 510. The summed E-state index contributed by atoms with van der Waals surface area (Å²) in [6, 6.07) is 5.09. The number of benzene rings is 1. The molecule has 0 radical (unpaired) electrons. The molecular formula is C14H19N3O3. The van der Waals surface area contributed by atoms with E-state index in [0.717, 1.165) is 12.1 Å². The van der Waals surface area contributed by atoms with Crippen LogP contribution in [-0.4, -0.2) is 37.6 Å². The van der Waals surface area contributed by atoms with E-state index in [1.165, 1.54) is 0 Å². The fourth-order valence-corrected chi connectivity index (χ4v) is 2.20. The second-order valence-electron chi connectivity index (χ2n) is 4.87. The number of hydrogen-bond donors (Lipinski definition) is 3. The molecule has 1 aromatic carbocycles. The van der Waals surface area contributed by atoms with Crippen LogP contribution in [0.4, 0.5) is 5.69 Å². The van der Waals surface area contributed by atoms with Gasteiger partial charge in [-0.2, -0.15) is 0 Å². The average molecular weight is 277 g/mol. The number of carbonyl (C=O) groups excluding carboxylic acids is 2. The summed E-state index contributed by atoms with van der Waals surface area (Å²) in [4.78, 5) is 23.0. The van der Waals surface area contributed by atoms with Crippen molar-refractivity contribution in [3.63, 3.8) is 0 Å². The Morgan fingerprint density at radius 1 is 1.50 bits per heavy atom. The third-order valence-electron chi connectivity index (χ3n) is 3.21. The molecule has 1 aliphatic heterocycles. The first-order valence-electron chi connectivity index (χ1n) is 6.57. The Balaban J connectivity index is 1.93. The third-order valence-corrected chi connectivity index (χ3v) is 3.21. The summed E-state index contributed by atoms with van der Waals surface area (Å²) in [5.41, 5.74) is 7.11. The molecule has 2 amide bonds. The lowest BCUT2D eigenvalue weighted by Crippen LogP contribution is -2.43. The van der Waals surface area contributed by atoms with Gasteiger partial charge in [0, 0.05) is 30.3 Å². The zero-order chi connectivity index (χ0) is 14.5. The molecule has 0 spiro atoms. The van der Waals surface area contributed by atoms with Crippen LogP contribution in [-0.2, 0) is 9.53 Å². The molecule has 1 heterocycles. The molecule has 6 nitrogen and oxygen atoms in total. The van der Waals surface area contributed by atoms with Gasteiger partial charge in [-0.25, -0.2) is 0 Å². The van der Waals surface area contributed by atoms with Crippen LogP contribution in [0.2, 0.25) is 0 Å². The SMILES string of the molecule is Cc1cc(NC(=O)CC2COCCN2)ccc1C(N)=O. The number of ether oxygens (including phenoxy) is 1. The van der Waals surface area contributed by atoms with Crippen LogP contribution in [0.15, 0.2) is 18.2 Å². The van der Waals surface area contributed by atoms with Crippen molar-refractivity contribution in [2.45, 2.75) is 19.4 Å². The molecule has 1 aromatic rings. The minimum atomic E-state index is -0.469. The van der Waals surface area contributed by atoms with Crippen molar-refractivity contribution in [1.29, 1.82) is 0 Å². The van der Waals surface area contributed by atoms with E-state index in [-0.39, 0.29) is 11.9 Å². The molecule has 0 aromatic heterocycles. The molecule has 0 bridgehead atoms. The zero-order valence-corrected chi connectivity index (χ0v) is 11.4. The van der Waals surface area contributed by atoms with E-state index in [2.05, 4.69) is 10.6 Å². The summed E-state index contributed by atoms with van der Waals surface area (Å²) in [6.07, 6.45) is 0.358. The molecule has 0 aliphatic carbocycles. The summed E-state index contributed by atoms with van der Waals surface area (Å²) in [7, 11) is 0. The summed E-state index contributed by atoms with van der Waals surface area (Å²) in [5, 5.41) is 6.03. The molecular weight excluding hydrogens is 258 g/mol. The number of aryl methyl sites for hydroxylation is 1. The highest BCUT2D eigenvalue weighted by molar-refractivity contribution is 5.96. The smallest absolute Gasteiger partial charge is 0.248 e. The van der Waals surface area contributed by atoms with Crippen molar-refractivity contribution in [2.24, 2.45) is 5.73 Å². The number of amides is 2. The van der Waals surface area contributed by atoms with Crippen molar-refractivity contribution < 1.29 is 14.3 Å². The van der Waals surface area contributed by atoms with Gasteiger partial charge in [-0.3, -0.25) is 9.59 Å². The highest BCUT2D eigenvalue weighted by Crippen LogP contribution is 2.15. The molecule has 6 heteroatoms. The number of carbonyl (C=O) groups is 2. The lowest BCUT2D eigenvalue weighted by molar-refractivity contribution is -0.117. The van der Waals surface area contributed by atoms with E-state index in [4.69, 9.17) is 10.5 Å². The van der Waals surface area contributed by atoms with Gasteiger partial charge in [0.2, 0.25) is 11.8 Å². The Morgan fingerprint density at radius 3 is 2.90 bits per heavy atom. The first-order valence-corrected chi connectivity index (χ1v) is 6.57. The maximum Gasteiger partial charge on any atom is 0.248 e. The number of morpholine rings is 1. The van der Waals surface area contributed by atoms with Gasteiger partial charge < -0.3 is 21.1 Å². The van der Waals surface area contributed by atoms with Crippen LogP contribution in [0, 0.1) is 6.92 Å². The highest BCUT2D eigenvalue weighted by atomic mass is 16.5. The molecule has 1 atom stereocenters. The van der Waals surface area contributed by atoms with Crippen LogP contribution in [0.1, 0.15) is 22.3 Å². The van der Waals surface area contributed by atoms with Crippen molar-refractivity contribution in [3.8, 4) is 0 Å². The van der Waals surface area contributed by atoms with Crippen LogP contribution < -0.4 is 16.4 Å². The lowest BCUT2D eigenvalue weighted by Gasteiger charge is -2.23. The van der Waals surface area contributed by atoms with Gasteiger partial charge in [0.05, 0.1) is 13.2 Å². The van der Waals surface area contributed by atoms with Crippen molar-refractivity contribution >= 4 is 17.5 Å². The predicted octanol–water partition coefficient (Wildman–Crippen LogP) is 0.411. The quantitative estimate of drug-likeness (QED) is 0.743. The third kappa shape index (κ3) is 3.79. The average Bonchev–Trinajstić information content (AvgIpc) is 2.39. The maximum absolute atomic E-state index is 11.9. The molecule has 20 heavy (non-hydrogen) atoms. The van der Waals surface area contributed by atoms with E-state index in [9.17, 15) is 9.59 Å². The Morgan fingerprint density at radius 2 is 2.30 bits per heavy atom. The lowest BCUT2D eigenvalue weighted by atomic mass is 10.1. The largest absolute Gasteiger partial charge is 0.378 e. The highest BCUT2D eigenvalue weighted by Gasteiger charge is 2.17. The van der Waals surface area contributed by atoms with E-state index in [1.807, 2.05) is 0 Å². The number of primary amides is 1. The van der Waals surface area contributed by atoms with Crippen LogP contribution in [0.5, 0.6) is 0 Å². The molecule has 0 saturated carbocycles. The number of rotatable bonds is 4. The molecule has 1 fully saturated rings. The topological polar surface area (TPSA) is 93.4 Å². The first-order chi connectivity index (χ1) is 9.56. The number of anilines is 1. The van der Waals surface area contributed by atoms with Crippen LogP contribution >= 0.6 is 0 Å². The Hall–Kier alpha value is -1.92. The number of nitrogens with one attached hydrogen (secondary N) is 2. The minimum Gasteiger partial charge on any atom is -0.378 e. The van der Waals surface area contributed by atoms with Crippen molar-refractivity contribution in [1.82, 2.24) is 5.32 Å². The fraction of sp³-hybridized carbons (Fsp3) is 0.429. The minimum absolute atomic E-state index is 0.0507. The fourth-order valence-electron chi connectivity index (χ4n) is 2.20. The Labute approximate surface area is 117 Å². The molecule has 1 saturated heterocycles. The summed E-state index contributed by atoms with van der Waals surface area (Å²) in [5.74, 6) is -0.553. The molecule has 2 rings (SSSR count). The van der Waals surface area contributed by atoms with Crippen LogP contribution in [0.25, 0.3) is 0 Å². The number of hydrogen-bond acceptors (Lipinski definition) is 4. The van der Waals surface area contributed by atoms with Crippen molar-refractivity contribution in [2.75, 3.05) is 25.1 Å². The van der Waals surface area contributed by atoms with E-state index < -0.39 is 5.91 Å². The summed E-state index contributed by atoms with van der Waals surface area (Å²) >= 11 is 0. The summed E-state index contributed by atoms with van der Waals surface area (Å²) in [6.45, 7) is 3.79. The van der Waals surface area contributed by atoms with Gasteiger partial charge in [0.25, 0.3) is 0 Å². The Kier molecular flexibility index (Phi) is 4.70. The van der Waals surface area contributed by atoms with Crippen molar-refractivity contribution in [3.05, 3.63) is 29.3 Å². The summed E-state index contributed by atoms with van der Waals surface area (Å²) < 4.78 is 5.30. The van der Waals surface area contributed by atoms with Gasteiger partial charge in [-0.1, -0.05) is 0 Å². The van der Waals surface area contributed by atoms with E-state index in [0.29, 0.717) is 30.9 Å². The first kappa shape index (κ1) is 14.5. The van der Waals surface area contributed by atoms with E-state index in [1.54, 1.807) is 25.1 Å². The van der Waals surface area contributed by atoms with Gasteiger partial charge in [0.15, 0.2) is 0 Å². The van der Waals surface area contributed by atoms with Crippen LogP contribution in [0.3, 0.4) is 0 Å². The second-order valence-corrected chi connectivity index (χ2v) is 4.87. The predicted molar refractivity (Wildman–Crippen MR) is 75.6 cm³/mol. The van der Waals surface area contributed by atoms with Gasteiger partial charge in [-0.15, -0.1) is 0 Å². The molecule has 108 valence electrons.